The van der Waals surface area contributed by atoms with Crippen LogP contribution in [0.1, 0.15) is 20.3 Å². The first-order valence-electron chi connectivity index (χ1n) is 8.34. The number of nitrogens with one attached hydrogen (secondary N) is 1. The Morgan fingerprint density at radius 3 is 2.83 bits per heavy atom. The fraction of sp³-hybridized carbons (Fsp3) is 0.471. The molecule has 0 bridgehead atoms. The highest BCUT2D eigenvalue weighted by molar-refractivity contribution is 7.99. The largest absolute Gasteiger partial charge is 0.341 e. The average Bonchev–Trinajstić information content (AvgIpc) is 3.10. The van der Waals surface area contributed by atoms with Gasteiger partial charge >= 0.3 is 0 Å². The molecule has 3 aromatic rings. The van der Waals surface area contributed by atoms with Gasteiger partial charge in [-0.1, -0.05) is 37.7 Å². The van der Waals surface area contributed by atoms with Crippen LogP contribution in [0.4, 0.5) is 0 Å². The number of nitrogens with zero attached hydrogens (tertiary/aromatic N) is 4. The van der Waals surface area contributed by atoms with E-state index in [0.717, 1.165) is 29.3 Å². The van der Waals surface area contributed by atoms with E-state index in [2.05, 4.69) is 29.0 Å². The van der Waals surface area contributed by atoms with E-state index in [4.69, 9.17) is 0 Å². The molecule has 24 heavy (non-hydrogen) atoms. The van der Waals surface area contributed by atoms with Crippen molar-refractivity contribution < 1.29 is 4.79 Å². The van der Waals surface area contributed by atoms with E-state index in [-0.39, 0.29) is 5.91 Å². The molecule has 1 N–H and O–H groups in total. The zero-order valence-corrected chi connectivity index (χ0v) is 14.7. The van der Waals surface area contributed by atoms with Gasteiger partial charge in [-0.2, -0.15) is 0 Å². The van der Waals surface area contributed by atoms with Crippen LogP contribution in [0, 0.1) is 11.8 Å². The summed E-state index contributed by atoms with van der Waals surface area (Å²) >= 11 is 1.47. The van der Waals surface area contributed by atoms with Gasteiger partial charge in [0.15, 0.2) is 5.16 Å². The van der Waals surface area contributed by atoms with Crippen LogP contribution in [0.15, 0.2) is 29.4 Å². The number of hydrogen-bond acceptors (Lipinski definition) is 4. The van der Waals surface area contributed by atoms with Gasteiger partial charge in [-0.3, -0.25) is 9.20 Å². The summed E-state index contributed by atoms with van der Waals surface area (Å²) in [7, 11) is 0. The lowest BCUT2D eigenvalue weighted by Crippen LogP contribution is -2.43. The van der Waals surface area contributed by atoms with Crippen molar-refractivity contribution >= 4 is 34.5 Å². The first-order valence-corrected chi connectivity index (χ1v) is 9.32. The molecular formula is C17H21N5OS. The highest BCUT2D eigenvalue weighted by Gasteiger charge is 2.25. The summed E-state index contributed by atoms with van der Waals surface area (Å²) in [4.78, 5) is 19.1. The molecule has 2 atom stereocenters. The van der Waals surface area contributed by atoms with Crippen LogP contribution in [0.2, 0.25) is 0 Å². The summed E-state index contributed by atoms with van der Waals surface area (Å²) in [5.41, 5.74) is 1.94. The number of H-pyrrole nitrogens is 1. The van der Waals surface area contributed by atoms with Crippen molar-refractivity contribution in [3.8, 4) is 0 Å². The normalized spacial score (nSPS) is 21.7. The molecule has 1 amide bonds. The molecule has 126 valence electrons. The zero-order chi connectivity index (χ0) is 16.7. The number of amides is 1. The van der Waals surface area contributed by atoms with E-state index in [0.29, 0.717) is 23.4 Å². The van der Waals surface area contributed by atoms with Gasteiger partial charge in [0.05, 0.1) is 16.8 Å². The second-order valence-corrected chi connectivity index (χ2v) is 7.74. The number of aromatic nitrogens is 4. The molecule has 1 aromatic carbocycles. The number of benzene rings is 1. The molecule has 1 aliphatic rings. The van der Waals surface area contributed by atoms with Gasteiger partial charge in [-0.25, -0.2) is 10.1 Å². The maximum atomic E-state index is 12.6. The Hall–Kier alpha value is -2.02. The molecule has 3 heterocycles. The lowest BCUT2D eigenvalue weighted by molar-refractivity contribution is -0.130. The van der Waals surface area contributed by atoms with E-state index in [9.17, 15) is 4.79 Å². The van der Waals surface area contributed by atoms with Gasteiger partial charge < -0.3 is 4.90 Å². The number of thioether (sulfide) groups is 1. The summed E-state index contributed by atoms with van der Waals surface area (Å²) in [5.74, 6) is 2.48. The quantitative estimate of drug-likeness (QED) is 0.743. The smallest absolute Gasteiger partial charge is 0.233 e. The zero-order valence-electron chi connectivity index (χ0n) is 13.9. The molecule has 2 aromatic heterocycles. The van der Waals surface area contributed by atoms with Gasteiger partial charge in [0.2, 0.25) is 11.7 Å². The predicted octanol–water partition coefficient (Wildman–Crippen LogP) is 2.81. The molecule has 0 spiro atoms. The van der Waals surface area contributed by atoms with E-state index < -0.39 is 0 Å². The van der Waals surface area contributed by atoms with E-state index in [1.807, 2.05) is 33.6 Å². The van der Waals surface area contributed by atoms with E-state index in [1.165, 1.54) is 18.2 Å². The minimum Gasteiger partial charge on any atom is -0.341 e. The van der Waals surface area contributed by atoms with Crippen molar-refractivity contribution in [2.45, 2.75) is 25.4 Å². The number of imidazole rings is 1. The van der Waals surface area contributed by atoms with Crippen LogP contribution in [-0.2, 0) is 4.79 Å². The summed E-state index contributed by atoms with van der Waals surface area (Å²) in [6.45, 7) is 6.18. The summed E-state index contributed by atoms with van der Waals surface area (Å²) in [6, 6.07) is 7.95. The van der Waals surface area contributed by atoms with Crippen molar-refractivity contribution in [2.75, 3.05) is 18.8 Å². The molecule has 6 nitrogen and oxygen atoms in total. The van der Waals surface area contributed by atoms with E-state index in [1.54, 1.807) is 0 Å². The highest BCUT2D eigenvalue weighted by Crippen LogP contribution is 2.25. The second-order valence-electron chi connectivity index (χ2n) is 6.80. The second kappa shape index (κ2) is 6.12. The van der Waals surface area contributed by atoms with Crippen LogP contribution < -0.4 is 0 Å². The number of aromatic amines is 1. The molecule has 0 radical (unpaired) electrons. The number of likely N-dealkylation sites (tertiary alicyclic amines) is 1. The van der Waals surface area contributed by atoms with Crippen molar-refractivity contribution in [1.82, 2.24) is 24.5 Å². The number of rotatable bonds is 3. The van der Waals surface area contributed by atoms with Gasteiger partial charge in [0, 0.05) is 13.1 Å². The number of fused-ring (bicyclic) bond motifs is 3. The monoisotopic (exact) mass is 343 g/mol. The first-order chi connectivity index (χ1) is 11.6. The van der Waals surface area contributed by atoms with Crippen molar-refractivity contribution in [2.24, 2.45) is 11.8 Å². The number of carbonyl (C=O) groups is 1. The number of para-hydroxylation sites is 2. The molecule has 0 aliphatic carbocycles. The Kier molecular flexibility index (Phi) is 3.96. The molecule has 1 saturated heterocycles. The maximum Gasteiger partial charge on any atom is 0.233 e. The van der Waals surface area contributed by atoms with Crippen LogP contribution in [0.25, 0.3) is 16.8 Å². The Morgan fingerprint density at radius 2 is 2.04 bits per heavy atom. The molecule has 4 rings (SSSR count). The predicted molar refractivity (Wildman–Crippen MR) is 95.1 cm³/mol. The Bertz CT molecular complexity index is 876. The minimum absolute atomic E-state index is 0.193. The Morgan fingerprint density at radius 1 is 1.29 bits per heavy atom. The summed E-state index contributed by atoms with van der Waals surface area (Å²) < 4.78 is 1.98. The van der Waals surface area contributed by atoms with Crippen LogP contribution in [0.3, 0.4) is 0 Å². The molecule has 7 heteroatoms. The van der Waals surface area contributed by atoms with Crippen molar-refractivity contribution in [3.63, 3.8) is 0 Å². The van der Waals surface area contributed by atoms with Crippen LogP contribution >= 0.6 is 11.8 Å². The first kappa shape index (κ1) is 15.5. The third kappa shape index (κ3) is 2.77. The molecular weight excluding hydrogens is 322 g/mol. The van der Waals surface area contributed by atoms with Crippen molar-refractivity contribution in [3.05, 3.63) is 24.3 Å². The molecule has 0 saturated carbocycles. The topological polar surface area (TPSA) is 66.3 Å². The van der Waals surface area contributed by atoms with Crippen molar-refractivity contribution in [1.29, 1.82) is 0 Å². The fourth-order valence-electron chi connectivity index (χ4n) is 3.62. The maximum absolute atomic E-state index is 12.6. The van der Waals surface area contributed by atoms with E-state index >= 15 is 0 Å². The van der Waals surface area contributed by atoms with Gasteiger partial charge in [-0.05, 0) is 30.4 Å². The Balaban J connectivity index is 1.51. The van der Waals surface area contributed by atoms with Crippen LogP contribution in [-0.4, -0.2) is 49.2 Å². The SMILES string of the molecule is C[C@H]1C[C@H](C)CN(C(=O)CSc2n[nH]c3nc4ccccc4n23)C1. The summed E-state index contributed by atoms with van der Waals surface area (Å²) in [6.07, 6.45) is 1.21. The van der Waals surface area contributed by atoms with Crippen LogP contribution in [0.5, 0.6) is 0 Å². The summed E-state index contributed by atoms with van der Waals surface area (Å²) in [5, 5.41) is 8.05. The fourth-order valence-corrected chi connectivity index (χ4v) is 4.48. The number of hydrogen-bond donors (Lipinski definition) is 1. The molecule has 0 unspecified atom stereocenters. The minimum atomic E-state index is 0.193. The molecule has 1 fully saturated rings. The Labute approximate surface area is 144 Å². The third-order valence-corrected chi connectivity index (χ3v) is 5.47. The number of piperidine rings is 1. The number of carbonyl (C=O) groups excluding carboxylic acids is 1. The van der Waals surface area contributed by atoms with Gasteiger partial charge in [0.25, 0.3) is 0 Å². The average molecular weight is 343 g/mol. The van der Waals surface area contributed by atoms with Gasteiger partial charge in [-0.15, -0.1) is 5.10 Å². The lowest BCUT2D eigenvalue weighted by Gasteiger charge is -2.34. The highest BCUT2D eigenvalue weighted by atomic mass is 32.2. The lowest BCUT2D eigenvalue weighted by atomic mass is 9.92. The third-order valence-electron chi connectivity index (χ3n) is 4.55. The standard InChI is InChI=1S/C17H21N5OS/c1-11-7-12(2)9-21(8-11)15(23)10-24-17-20-19-16-18-13-5-3-4-6-14(13)22(16)17/h3-6,11-12H,7-10H2,1-2H3,(H,18,19)/t11-,12-/m0/s1. The molecule has 1 aliphatic heterocycles. The van der Waals surface area contributed by atoms with Gasteiger partial charge in [0.1, 0.15) is 0 Å².